The van der Waals surface area contributed by atoms with Gasteiger partial charge in [-0.05, 0) is 26.7 Å². The molecular formula is C14H29N3O4. The fraction of sp³-hybridized carbons (Fsp3) is 0.857. The Bertz CT molecular complexity index is 360. The van der Waals surface area contributed by atoms with Crippen molar-refractivity contribution in [2.24, 2.45) is 11.1 Å². The fourth-order valence-corrected chi connectivity index (χ4v) is 2.37. The van der Waals surface area contributed by atoms with Crippen LogP contribution >= 0.6 is 0 Å². The van der Waals surface area contributed by atoms with Crippen LogP contribution in [0.3, 0.4) is 0 Å². The molecule has 2 atom stereocenters. The van der Waals surface area contributed by atoms with E-state index in [1.54, 1.807) is 0 Å². The van der Waals surface area contributed by atoms with Crippen LogP contribution in [0.4, 0.5) is 0 Å². The van der Waals surface area contributed by atoms with E-state index in [0.717, 1.165) is 0 Å². The van der Waals surface area contributed by atoms with Crippen LogP contribution in [0.5, 0.6) is 0 Å². The Labute approximate surface area is 126 Å². The lowest BCUT2D eigenvalue weighted by atomic mass is 9.66. The summed E-state index contributed by atoms with van der Waals surface area (Å²) >= 11 is 0. The third kappa shape index (κ3) is 5.03. The van der Waals surface area contributed by atoms with E-state index in [1.165, 1.54) is 5.48 Å². The van der Waals surface area contributed by atoms with Crippen molar-refractivity contribution in [3.05, 3.63) is 0 Å². The molecule has 0 rings (SSSR count). The molecule has 6 N–H and O–H groups in total. The van der Waals surface area contributed by atoms with Crippen molar-refractivity contribution < 1.29 is 19.9 Å². The van der Waals surface area contributed by atoms with Gasteiger partial charge in [0, 0.05) is 23.9 Å². The number of hydrogen-bond acceptors (Lipinski definition) is 6. The van der Waals surface area contributed by atoms with E-state index < -0.39 is 22.9 Å². The number of Topliss-reactive ketones (excluding diaryl/α,β-unsaturated/α-hetero) is 1. The van der Waals surface area contributed by atoms with Crippen LogP contribution in [0, 0.1) is 5.41 Å². The molecule has 0 aliphatic rings. The first-order chi connectivity index (χ1) is 9.66. The van der Waals surface area contributed by atoms with Gasteiger partial charge in [0.25, 0.3) is 0 Å². The largest absolute Gasteiger partial charge is 0.395 e. The highest BCUT2D eigenvalue weighted by molar-refractivity contribution is 5.91. The molecule has 0 fully saturated rings. The summed E-state index contributed by atoms with van der Waals surface area (Å²) in [7, 11) is 0. The van der Waals surface area contributed by atoms with Crippen molar-refractivity contribution in [3.63, 3.8) is 0 Å². The van der Waals surface area contributed by atoms with Crippen molar-refractivity contribution in [3.8, 4) is 0 Å². The number of hydroxylamine groups is 1. The summed E-state index contributed by atoms with van der Waals surface area (Å²) in [6.07, 6.45) is 0.752. The Morgan fingerprint density at radius 2 is 1.86 bits per heavy atom. The van der Waals surface area contributed by atoms with Gasteiger partial charge in [0.05, 0.1) is 12.6 Å². The van der Waals surface area contributed by atoms with E-state index in [4.69, 9.17) is 16.0 Å². The lowest BCUT2D eigenvalue weighted by Crippen LogP contribution is -2.60. The van der Waals surface area contributed by atoms with E-state index in [0.29, 0.717) is 13.0 Å². The molecule has 124 valence electrons. The van der Waals surface area contributed by atoms with Gasteiger partial charge >= 0.3 is 0 Å². The molecule has 0 aromatic heterocycles. The Balaban J connectivity index is 4.96. The number of amides is 1. The van der Waals surface area contributed by atoms with Crippen LogP contribution in [0.1, 0.15) is 47.0 Å². The first-order valence-electron chi connectivity index (χ1n) is 7.25. The molecular weight excluding hydrogens is 274 g/mol. The molecule has 21 heavy (non-hydrogen) atoms. The number of aliphatic hydroxyl groups excluding tert-OH is 1. The third-order valence-corrected chi connectivity index (χ3v) is 4.45. The van der Waals surface area contributed by atoms with Crippen molar-refractivity contribution in [2.75, 3.05) is 13.2 Å². The Morgan fingerprint density at radius 1 is 1.29 bits per heavy atom. The number of hydrogen-bond donors (Lipinski definition) is 5. The van der Waals surface area contributed by atoms with E-state index in [9.17, 15) is 9.59 Å². The SMILES string of the molecule is CCC(C)(C(=O)C(N)CCC(=O)NO)C(C)(C)NCCO. The average molecular weight is 303 g/mol. The standard InChI is InChI=1S/C14H29N3O4/c1-5-14(4,13(2,3)16-8-9-18)12(20)10(15)6-7-11(19)17-21/h10,16,18,21H,5-9,15H2,1-4H3,(H,17,19). The lowest BCUT2D eigenvalue weighted by Gasteiger charge is -2.44. The summed E-state index contributed by atoms with van der Waals surface area (Å²) in [5, 5.41) is 20.6. The van der Waals surface area contributed by atoms with Crippen molar-refractivity contribution >= 4 is 11.7 Å². The lowest BCUT2D eigenvalue weighted by molar-refractivity contribution is -0.134. The second-order valence-corrected chi connectivity index (χ2v) is 6.01. The molecule has 7 nitrogen and oxygen atoms in total. The second-order valence-electron chi connectivity index (χ2n) is 6.01. The van der Waals surface area contributed by atoms with Gasteiger partial charge in [-0.15, -0.1) is 0 Å². The minimum Gasteiger partial charge on any atom is -0.395 e. The van der Waals surface area contributed by atoms with Gasteiger partial charge in [-0.2, -0.15) is 0 Å². The van der Waals surface area contributed by atoms with Crippen LogP contribution in [-0.4, -0.2) is 46.7 Å². The number of carbonyl (C=O) groups excluding carboxylic acids is 2. The zero-order valence-electron chi connectivity index (χ0n) is 13.4. The monoisotopic (exact) mass is 303 g/mol. The topological polar surface area (TPSA) is 125 Å². The number of aliphatic hydroxyl groups is 1. The van der Waals surface area contributed by atoms with Crippen molar-refractivity contribution in [1.82, 2.24) is 10.8 Å². The quantitative estimate of drug-likeness (QED) is 0.284. The molecule has 0 spiro atoms. The predicted molar refractivity (Wildman–Crippen MR) is 79.7 cm³/mol. The van der Waals surface area contributed by atoms with Gasteiger partial charge in [-0.3, -0.25) is 14.8 Å². The molecule has 2 unspecified atom stereocenters. The predicted octanol–water partition coefficient (Wildman–Crippen LogP) is -0.0548. The number of rotatable bonds is 10. The van der Waals surface area contributed by atoms with Gasteiger partial charge in [0.2, 0.25) is 5.91 Å². The van der Waals surface area contributed by atoms with Gasteiger partial charge in [-0.25, -0.2) is 5.48 Å². The normalized spacial score (nSPS) is 16.1. The van der Waals surface area contributed by atoms with Crippen LogP contribution in [0.2, 0.25) is 0 Å². The molecule has 0 heterocycles. The van der Waals surface area contributed by atoms with Crippen molar-refractivity contribution in [1.29, 1.82) is 0 Å². The molecule has 0 saturated carbocycles. The molecule has 0 aromatic rings. The number of carbonyl (C=O) groups is 2. The van der Waals surface area contributed by atoms with E-state index in [1.807, 2.05) is 27.7 Å². The van der Waals surface area contributed by atoms with Crippen LogP contribution in [0.15, 0.2) is 0 Å². The summed E-state index contributed by atoms with van der Waals surface area (Å²) in [4.78, 5) is 23.7. The number of ketones is 1. The minimum atomic E-state index is -0.776. The third-order valence-electron chi connectivity index (χ3n) is 4.45. The molecule has 0 aliphatic heterocycles. The van der Waals surface area contributed by atoms with Crippen molar-refractivity contribution in [2.45, 2.75) is 58.5 Å². The van der Waals surface area contributed by atoms with Crippen LogP contribution in [0.25, 0.3) is 0 Å². The first kappa shape index (κ1) is 20.0. The highest BCUT2D eigenvalue weighted by Gasteiger charge is 2.46. The first-order valence-corrected chi connectivity index (χ1v) is 7.25. The Hall–Kier alpha value is -1.02. The molecule has 0 aliphatic carbocycles. The van der Waals surface area contributed by atoms with E-state index in [2.05, 4.69) is 5.32 Å². The van der Waals surface area contributed by atoms with Gasteiger partial charge in [0.15, 0.2) is 5.78 Å². The van der Waals surface area contributed by atoms with Crippen LogP contribution < -0.4 is 16.5 Å². The maximum absolute atomic E-state index is 12.7. The van der Waals surface area contributed by atoms with E-state index >= 15 is 0 Å². The number of nitrogens with one attached hydrogen (secondary N) is 2. The molecule has 0 aromatic carbocycles. The summed E-state index contributed by atoms with van der Waals surface area (Å²) in [5.74, 6) is -0.694. The highest BCUT2D eigenvalue weighted by atomic mass is 16.5. The van der Waals surface area contributed by atoms with Gasteiger partial charge < -0.3 is 16.2 Å². The zero-order valence-corrected chi connectivity index (χ0v) is 13.4. The highest BCUT2D eigenvalue weighted by Crippen LogP contribution is 2.36. The Kier molecular flexibility index (Phi) is 8.02. The molecule has 0 radical (unpaired) electrons. The number of nitrogens with two attached hydrogens (primary N) is 1. The Morgan fingerprint density at radius 3 is 2.29 bits per heavy atom. The summed E-state index contributed by atoms with van der Waals surface area (Å²) < 4.78 is 0. The summed E-state index contributed by atoms with van der Waals surface area (Å²) in [6.45, 7) is 7.92. The zero-order chi connectivity index (χ0) is 16.7. The average Bonchev–Trinajstić information content (AvgIpc) is 2.48. The summed E-state index contributed by atoms with van der Waals surface area (Å²) in [5.41, 5.74) is 6.17. The van der Waals surface area contributed by atoms with Gasteiger partial charge in [-0.1, -0.05) is 13.8 Å². The molecule has 0 saturated heterocycles. The molecule has 1 amide bonds. The fourth-order valence-electron chi connectivity index (χ4n) is 2.37. The minimum absolute atomic E-state index is 0.00625. The summed E-state index contributed by atoms with van der Waals surface area (Å²) in [6, 6.07) is -0.776. The molecule has 0 bridgehead atoms. The second kappa shape index (κ2) is 8.43. The molecule has 7 heteroatoms. The maximum atomic E-state index is 12.7. The maximum Gasteiger partial charge on any atom is 0.243 e. The van der Waals surface area contributed by atoms with Gasteiger partial charge in [0.1, 0.15) is 0 Å². The van der Waals surface area contributed by atoms with E-state index in [-0.39, 0.29) is 25.2 Å². The smallest absolute Gasteiger partial charge is 0.243 e. The van der Waals surface area contributed by atoms with Crippen LogP contribution in [-0.2, 0) is 9.59 Å². The number of β-amino-alcohol motifs (C(OH)–C–C–N with tert-alkyl or cyclic N) is 1.